The standard InChI is InChI=1S/C25H27NO3/c1-19(25(28)26-24(17-27)22-12-6-3-7-13-22)15-21-11-8-14-23(16-21)29-18-20-9-4-2-5-10-20/h2-14,16,19,24,27H,15,17-18H2,1H3,(H,26,28)/t19-,24+/m1/s1. The monoisotopic (exact) mass is 389 g/mol. The Labute approximate surface area is 172 Å². The number of amides is 1. The molecule has 0 spiro atoms. The van der Waals surface area contributed by atoms with E-state index in [2.05, 4.69) is 5.32 Å². The fourth-order valence-electron chi connectivity index (χ4n) is 3.18. The summed E-state index contributed by atoms with van der Waals surface area (Å²) in [5.41, 5.74) is 3.05. The smallest absolute Gasteiger partial charge is 0.223 e. The second-order valence-electron chi connectivity index (χ2n) is 7.18. The average molecular weight is 389 g/mol. The maximum Gasteiger partial charge on any atom is 0.223 e. The second kappa shape index (κ2) is 10.4. The quantitative estimate of drug-likeness (QED) is 0.574. The minimum Gasteiger partial charge on any atom is -0.489 e. The number of carbonyl (C=O) groups is 1. The fraction of sp³-hybridized carbons (Fsp3) is 0.240. The highest BCUT2D eigenvalue weighted by Gasteiger charge is 2.19. The van der Waals surface area contributed by atoms with Crippen LogP contribution in [0.5, 0.6) is 5.75 Å². The van der Waals surface area contributed by atoms with Crippen molar-refractivity contribution < 1.29 is 14.6 Å². The normalized spacial score (nSPS) is 12.8. The second-order valence-corrected chi connectivity index (χ2v) is 7.18. The molecular formula is C25H27NO3. The lowest BCUT2D eigenvalue weighted by molar-refractivity contribution is -0.125. The van der Waals surface area contributed by atoms with Gasteiger partial charge in [0.1, 0.15) is 12.4 Å². The van der Waals surface area contributed by atoms with Gasteiger partial charge in [-0.05, 0) is 35.2 Å². The topological polar surface area (TPSA) is 58.6 Å². The molecule has 3 aromatic carbocycles. The number of hydrogen-bond acceptors (Lipinski definition) is 3. The van der Waals surface area contributed by atoms with Gasteiger partial charge in [-0.1, -0.05) is 79.7 Å². The minimum absolute atomic E-state index is 0.0801. The van der Waals surface area contributed by atoms with Gasteiger partial charge in [-0.3, -0.25) is 4.79 Å². The Morgan fingerprint density at radius 3 is 2.28 bits per heavy atom. The van der Waals surface area contributed by atoms with E-state index in [-0.39, 0.29) is 18.4 Å². The van der Waals surface area contributed by atoms with Crippen LogP contribution in [0.25, 0.3) is 0 Å². The number of ether oxygens (including phenoxy) is 1. The first-order valence-corrected chi connectivity index (χ1v) is 9.87. The van der Waals surface area contributed by atoms with Gasteiger partial charge in [0, 0.05) is 5.92 Å². The third-order valence-electron chi connectivity index (χ3n) is 4.84. The van der Waals surface area contributed by atoms with Crippen LogP contribution in [0.4, 0.5) is 0 Å². The van der Waals surface area contributed by atoms with Crippen molar-refractivity contribution in [3.63, 3.8) is 0 Å². The molecule has 0 saturated carbocycles. The Balaban J connectivity index is 1.56. The summed E-state index contributed by atoms with van der Waals surface area (Å²) in [6.07, 6.45) is 0.599. The summed E-state index contributed by atoms with van der Waals surface area (Å²) in [6, 6.07) is 27.0. The number of benzene rings is 3. The summed E-state index contributed by atoms with van der Waals surface area (Å²) >= 11 is 0. The lowest BCUT2D eigenvalue weighted by Crippen LogP contribution is -2.35. The van der Waals surface area contributed by atoms with E-state index in [0.717, 1.165) is 22.4 Å². The largest absolute Gasteiger partial charge is 0.489 e. The molecule has 3 rings (SSSR count). The van der Waals surface area contributed by atoms with Crippen LogP contribution < -0.4 is 10.1 Å². The molecule has 1 amide bonds. The maximum absolute atomic E-state index is 12.6. The summed E-state index contributed by atoms with van der Waals surface area (Å²) in [4.78, 5) is 12.6. The van der Waals surface area contributed by atoms with Crippen LogP contribution in [0.1, 0.15) is 29.7 Å². The molecule has 4 nitrogen and oxygen atoms in total. The van der Waals surface area contributed by atoms with Gasteiger partial charge < -0.3 is 15.2 Å². The molecule has 0 aliphatic rings. The molecule has 150 valence electrons. The van der Waals surface area contributed by atoms with Crippen LogP contribution in [0.3, 0.4) is 0 Å². The molecule has 0 aromatic heterocycles. The van der Waals surface area contributed by atoms with Crippen LogP contribution >= 0.6 is 0 Å². The van der Waals surface area contributed by atoms with Crippen molar-refractivity contribution in [2.45, 2.75) is 26.0 Å². The van der Waals surface area contributed by atoms with Gasteiger partial charge in [0.25, 0.3) is 0 Å². The number of hydrogen-bond donors (Lipinski definition) is 2. The summed E-state index contributed by atoms with van der Waals surface area (Å²) < 4.78 is 5.88. The molecule has 2 N–H and O–H groups in total. The molecule has 2 atom stereocenters. The molecule has 0 aliphatic heterocycles. The molecule has 0 heterocycles. The Morgan fingerprint density at radius 1 is 0.931 bits per heavy atom. The van der Waals surface area contributed by atoms with E-state index in [9.17, 15) is 9.90 Å². The van der Waals surface area contributed by atoms with Gasteiger partial charge in [-0.15, -0.1) is 0 Å². The van der Waals surface area contributed by atoms with E-state index in [1.807, 2.05) is 91.9 Å². The van der Waals surface area contributed by atoms with Crippen molar-refractivity contribution >= 4 is 5.91 Å². The first-order chi connectivity index (χ1) is 14.2. The van der Waals surface area contributed by atoms with E-state index in [1.54, 1.807) is 0 Å². The van der Waals surface area contributed by atoms with Crippen molar-refractivity contribution in [3.8, 4) is 5.75 Å². The van der Waals surface area contributed by atoms with Crippen LogP contribution in [-0.4, -0.2) is 17.6 Å². The third-order valence-corrected chi connectivity index (χ3v) is 4.84. The maximum atomic E-state index is 12.6. The summed E-state index contributed by atoms with van der Waals surface area (Å²) in [5, 5.41) is 12.6. The van der Waals surface area contributed by atoms with E-state index in [0.29, 0.717) is 13.0 Å². The molecule has 0 bridgehead atoms. The van der Waals surface area contributed by atoms with E-state index in [1.165, 1.54) is 0 Å². The highest BCUT2D eigenvalue weighted by atomic mass is 16.5. The van der Waals surface area contributed by atoms with Gasteiger partial charge in [0.2, 0.25) is 5.91 Å². The lowest BCUT2D eigenvalue weighted by Gasteiger charge is -2.20. The number of carbonyl (C=O) groups excluding carboxylic acids is 1. The van der Waals surface area contributed by atoms with Gasteiger partial charge in [0.15, 0.2) is 0 Å². The van der Waals surface area contributed by atoms with Crippen molar-refractivity contribution in [2.75, 3.05) is 6.61 Å². The number of aliphatic hydroxyl groups excluding tert-OH is 1. The van der Waals surface area contributed by atoms with E-state index < -0.39 is 6.04 Å². The Hall–Kier alpha value is -3.11. The molecule has 0 radical (unpaired) electrons. The zero-order valence-corrected chi connectivity index (χ0v) is 16.6. The van der Waals surface area contributed by atoms with Crippen molar-refractivity contribution in [1.29, 1.82) is 0 Å². The highest BCUT2D eigenvalue weighted by Crippen LogP contribution is 2.19. The Morgan fingerprint density at radius 2 is 1.59 bits per heavy atom. The molecular weight excluding hydrogens is 362 g/mol. The third kappa shape index (κ3) is 6.19. The molecule has 4 heteroatoms. The average Bonchev–Trinajstić information content (AvgIpc) is 2.77. The number of aliphatic hydroxyl groups is 1. The fourth-order valence-corrected chi connectivity index (χ4v) is 3.18. The molecule has 0 fully saturated rings. The summed E-state index contributed by atoms with van der Waals surface area (Å²) in [7, 11) is 0. The molecule has 0 aliphatic carbocycles. The van der Waals surface area contributed by atoms with Gasteiger partial charge in [-0.2, -0.15) is 0 Å². The van der Waals surface area contributed by atoms with Gasteiger partial charge >= 0.3 is 0 Å². The highest BCUT2D eigenvalue weighted by molar-refractivity contribution is 5.79. The zero-order chi connectivity index (χ0) is 20.5. The molecule has 0 saturated heterocycles. The van der Waals surface area contributed by atoms with Crippen LogP contribution in [0, 0.1) is 5.92 Å². The number of rotatable bonds is 9. The number of nitrogens with one attached hydrogen (secondary N) is 1. The predicted molar refractivity (Wildman–Crippen MR) is 114 cm³/mol. The van der Waals surface area contributed by atoms with Gasteiger partial charge in [0.05, 0.1) is 12.6 Å². The van der Waals surface area contributed by atoms with E-state index in [4.69, 9.17) is 4.74 Å². The lowest BCUT2D eigenvalue weighted by atomic mass is 9.99. The molecule has 0 unspecified atom stereocenters. The van der Waals surface area contributed by atoms with E-state index >= 15 is 0 Å². The summed E-state index contributed by atoms with van der Waals surface area (Å²) in [5.74, 6) is 0.483. The SMILES string of the molecule is C[C@H](Cc1cccc(OCc2ccccc2)c1)C(=O)N[C@@H](CO)c1ccccc1. The van der Waals surface area contributed by atoms with Crippen LogP contribution in [-0.2, 0) is 17.8 Å². The van der Waals surface area contributed by atoms with Crippen LogP contribution in [0.15, 0.2) is 84.9 Å². The first kappa shape index (κ1) is 20.6. The first-order valence-electron chi connectivity index (χ1n) is 9.87. The van der Waals surface area contributed by atoms with Gasteiger partial charge in [-0.25, -0.2) is 0 Å². The molecule has 29 heavy (non-hydrogen) atoms. The summed E-state index contributed by atoms with van der Waals surface area (Å²) in [6.45, 7) is 2.27. The Kier molecular flexibility index (Phi) is 7.42. The minimum atomic E-state index is -0.397. The Bertz CT molecular complexity index is 896. The predicted octanol–water partition coefficient (Wildman–Crippen LogP) is 4.29. The van der Waals surface area contributed by atoms with Crippen molar-refractivity contribution in [2.24, 2.45) is 5.92 Å². The van der Waals surface area contributed by atoms with Crippen LogP contribution in [0.2, 0.25) is 0 Å². The molecule has 3 aromatic rings. The van der Waals surface area contributed by atoms with Crippen molar-refractivity contribution in [1.82, 2.24) is 5.32 Å². The van der Waals surface area contributed by atoms with Crippen molar-refractivity contribution in [3.05, 3.63) is 102 Å². The zero-order valence-electron chi connectivity index (χ0n) is 16.6.